The second-order valence-corrected chi connectivity index (χ2v) is 4.39. The van der Waals surface area contributed by atoms with E-state index in [0.29, 0.717) is 11.1 Å². The molecule has 3 rings (SSSR count). The molecule has 16 heavy (non-hydrogen) atoms. The van der Waals surface area contributed by atoms with E-state index in [1.807, 2.05) is 18.2 Å². The van der Waals surface area contributed by atoms with Crippen molar-refractivity contribution in [2.75, 3.05) is 7.11 Å². The predicted molar refractivity (Wildman–Crippen MR) is 63.1 cm³/mol. The summed E-state index contributed by atoms with van der Waals surface area (Å²) in [5.74, 6) is 1.31. The number of hydrogen-bond acceptors (Lipinski definition) is 3. The van der Waals surface area contributed by atoms with Gasteiger partial charge in [0.2, 0.25) is 0 Å². The number of benzene rings is 1. The minimum absolute atomic E-state index is 0.510. The molecule has 0 spiro atoms. The van der Waals surface area contributed by atoms with Crippen LogP contribution in [0.1, 0.15) is 24.5 Å². The molecule has 0 unspecified atom stereocenters. The van der Waals surface area contributed by atoms with Crippen molar-refractivity contribution in [3.05, 3.63) is 29.0 Å². The molecule has 0 saturated heterocycles. The molecular formula is C12H11ClN2O. The van der Waals surface area contributed by atoms with E-state index in [9.17, 15) is 0 Å². The molecule has 1 aromatic carbocycles. The Labute approximate surface area is 98.4 Å². The highest BCUT2D eigenvalue weighted by atomic mass is 35.5. The molecule has 0 atom stereocenters. The van der Waals surface area contributed by atoms with Crippen LogP contribution in [0.4, 0.5) is 0 Å². The smallest absolute Gasteiger partial charge is 0.151 e. The number of methoxy groups -OCH3 is 1. The van der Waals surface area contributed by atoms with Gasteiger partial charge >= 0.3 is 0 Å². The average Bonchev–Trinajstić information content (AvgIpc) is 3.11. The van der Waals surface area contributed by atoms with E-state index >= 15 is 0 Å². The first-order valence-electron chi connectivity index (χ1n) is 5.29. The monoisotopic (exact) mass is 234 g/mol. The van der Waals surface area contributed by atoms with Crippen LogP contribution < -0.4 is 4.74 Å². The van der Waals surface area contributed by atoms with Gasteiger partial charge in [0.25, 0.3) is 0 Å². The molecule has 1 fully saturated rings. The van der Waals surface area contributed by atoms with Crippen molar-refractivity contribution in [3.63, 3.8) is 0 Å². The predicted octanol–water partition coefficient (Wildman–Crippen LogP) is 3.17. The fourth-order valence-electron chi connectivity index (χ4n) is 1.77. The van der Waals surface area contributed by atoms with Gasteiger partial charge in [-0.15, -0.1) is 0 Å². The van der Waals surface area contributed by atoms with E-state index < -0.39 is 0 Å². The molecule has 4 heteroatoms. The van der Waals surface area contributed by atoms with Crippen LogP contribution in [0.5, 0.6) is 5.75 Å². The van der Waals surface area contributed by atoms with Crippen LogP contribution in [0, 0.1) is 0 Å². The lowest BCUT2D eigenvalue weighted by atomic mass is 10.2. The van der Waals surface area contributed by atoms with Gasteiger partial charge < -0.3 is 4.74 Å². The van der Waals surface area contributed by atoms with Gasteiger partial charge in [0.1, 0.15) is 5.75 Å². The summed E-state index contributed by atoms with van der Waals surface area (Å²) < 4.78 is 5.17. The molecule has 1 aliphatic carbocycles. The third-order valence-corrected chi connectivity index (χ3v) is 3.10. The summed E-state index contributed by atoms with van der Waals surface area (Å²) in [6.07, 6.45) is 2.34. The van der Waals surface area contributed by atoms with Crippen molar-refractivity contribution >= 4 is 22.6 Å². The maximum atomic E-state index is 6.11. The van der Waals surface area contributed by atoms with Gasteiger partial charge in [-0.25, -0.2) is 9.97 Å². The van der Waals surface area contributed by atoms with Crippen LogP contribution in [0.2, 0.25) is 5.15 Å². The number of fused-ring (bicyclic) bond motifs is 1. The summed E-state index contributed by atoms with van der Waals surface area (Å²) in [6, 6.07) is 5.64. The Morgan fingerprint density at radius 1 is 1.25 bits per heavy atom. The maximum absolute atomic E-state index is 6.11. The van der Waals surface area contributed by atoms with E-state index in [4.69, 9.17) is 16.3 Å². The standard InChI is InChI=1S/C12H11ClN2O/c1-16-8-4-5-9-10(6-8)14-11(7-2-3-7)12(13)15-9/h4-7H,2-3H2,1H3. The minimum atomic E-state index is 0.510. The number of nitrogens with zero attached hydrogens (tertiary/aromatic N) is 2. The number of hydrogen-bond donors (Lipinski definition) is 0. The minimum Gasteiger partial charge on any atom is -0.497 e. The third-order valence-electron chi connectivity index (χ3n) is 2.82. The summed E-state index contributed by atoms with van der Waals surface area (Å²) >= 11 is 6.11. The lowest BCUT2D eigenvalue weighted by Gasteiger charge is -2.05. The van der Waals surface area contributed by atoms with Gasteiger partial charge in [0.15, 0.2) is 5.15 Å². The Morgan fingerprint density at radius 3 is 2.75 bits per heavy atom. The lowest BCUT2D eigenvalue weighted by molar-refractivity contribution is 0.415. The summed E-state index contributed by atoms with van der Waals surface area (Å²) in [7, 11) is 1.65. The maximum Gasteiger partial charge on any atom is 0.151 e. The third kappa shape index (κ3) is 1.61. The fraction of sp³-hybridized carbons (Fsp3) is 0.333. The molecule has 0 aliphatic heterocycles. The first-order valence-corrected chi connectivity index (χ1v) is 5.67. The molecule has 3 nitrogen and oxygen atoms in total. The summed E-state index contributed by atoms with van der Waals surface area (Å²) in [5, 5.41) is 0.542. The molecule has 1 aromatic heterocycles. The highest BCUT2D eigenvalue weighted by Crippen LogP contribution is 2.42. The highest BCUT2D eigenvalue weighted by Gasteiger charge is 2.28. The SMILES string of the molecule is COc1ccc2nc(Cl)c(C3CC3)nc2c1. The zero-order chi connectivity index (χ0) is 11.1. The van der Waals surface area contributed by atoms with Gasteiger partial charge in [0, 0.05) is 12.0 Å². The van der Waals surface area contributed by atoms with Crippen molar-refractivity contribution in [2.24, 2.45) is 0 Å². The number of ether oxygens (including phenoxy) is 1. The largest absolute Gasteiger partial charge is 0.497 e. The molecule has 1 heterocycles. The van der Waals surface area contributed by atoms with Gasteiger partial charge in [-0.05, 0) is 25.0 Å². The van der Waals surface area contributed by atoms with Crippen LogP contribution in [-0.2, 0) is 0 Å². The summed E-state index contributed by atoms with van der Waals surface area (Å²) in [4.78, 5) is 8.93. The van der Waals surface area contributed by atoms with E-state index in [-0.39, 0.29) is 0 Å². The Kier molecular flexibility index (Phi) is 2.21. The molecule has 82 valence electrons. The molecule has 0 amide bonds. The zero-order valence-electron chi connectivity index (χ0n) is 8.90. The Hall–Kier alpha value is -1.35. The lowest BCUT2D eigenvalue weighted by Crippen LogP contribution is -1.94. The van der Waals surface area contributed by atoms with Crippen LogP contribution in [0.25, 0.3) is 11.0 Å². The zero-order valence-corrected chi connectivity index (χ0v) is 9.66. The second-order valence-electron chi connectivity index (χ2n) is 4.03. The van der Waals surface area contributed by atoms with Crippen molar-refractivity contribution in [1.29, 1.82) is 0 Å². The average molecular weight is 235 g/mol. The van der Waals surface area contributed by atoms with Crippen molar-refractivity contribution in [2.45, 2.75) is 18.8 Å². The fourth-order valence-corrected chi connectivity index (χ4v) is 2.06. The van der Waals surface area contributed by atoms with Crippen LogP contribution in [0.3, 0.4) is 0 Å². The van der Waals surface area contributed by atoms with Crippen LogP contribution in [-0.4, -0.2) is 17.1 Å². The van der Waals surface area contributed by atoms with Gasteiger partial charge in [-0.2, -0.15) is 0 Å². The summed E-state index contributed by atoms with van der Waals surface area (Å²) in [6.45, 7) is 0. The van der Waals surface area contributed by atoms with E-state index in [1.54, 1.807) is 7.11 Å². The number of aromatic nitrogens is 2. The van der Waals surface area contributed by atoms with E-state index in [0.717, 1.165) is 22.5 Å². The molecular weight excluding hydrogens is 224 g/mol. The highest BCUT2D eigenvalue weighted by molar-refractivity contribution is 6.30. The molecule has 0 bridgehead atoms. The first-order chi connectivity index (χ1) is 7.78. The quantitative estimate of drug-likeness (QED) is 0.801. The van der Waals surface area contributed by atoms with Gasteiger partial charge in [-0.3, -0.25) is 0 Å². The molecule has 0 radical (unpaired) electrons. The first kappa shape index (κ1) is 9.85. The van der Waals surface area contributed by atoms with Crippen molar-refractivity contribution in [3.8, 4) is 5.75 Å². The molecule has 1 saturated carbocycles. The van der Waals surface area contributed by atoms with Gasteiger partial charge in [0.05, 0.1) is 23.8 Å². The van der Waals surface area contributed by atoms with Gasteiger partial charge in [-0.1, -0.05) is 11.6 Å². The van der Waals surface area contributed by atoms with Crippen molar-refractivity contribution in [1.82, 2.24) is 9.97 Å². The normalized spacial score (nSPS) is 15.4. The number of halogens is 1. The summed E-state index contributed by atoms with van der Waals surface area (Å²) in [5.41, 5.74) is 2.60. The Morgan fingerprint density at radius 2 is 2.06 bits per heavy atom. The second kappa shape index (κ2) is 3.59. The van der Waals surface area contributed by atoms with E-state index in [1.165, 1.54) is 12.8 Å². The topological polar surface area (TPSA) is 35.0 Å². The molecule has 2 aromatic rings. The van der Waals surface area contributed by atoms with Crippen LogP contribution in [0.15, 0.2) is 18.2 Å². The van der Waals surface area contributed by atoms with Crippen LogP contribution >= 0.6 is 11.6 Å². The Balaban J connectivity index is 2.19. The number of rotatable bonds is 2. The molecule has 0 N–H and O–H groups in total. The molecule has 1 aliphatic rings. The van der Waals surface area contributed by atoms with Crippen molar-refractivity contribution < 1.29 is 4.74 Å². The van der Waals surface area contributed by atoms with E-state index in [2.05, 4.69) is 9.97 Å². The Bertz CT molecular complexity index is 552.